The molecule has 0 aliphatic heterocycles. The fraction of sp³-hybridized carbons (Fsp3) is 0.333. The van der Waals surface area contributed by atoms with Crippen LogP contribution in [-0.4, -0.2) is 24.7 Å². The van der Waals surface area contributed by atoms with Gasteiger partial charge in [0, 0.05) is 12.1 Å². The maximum absolute atomic E-state index is 11.6. The number of nitrogen functional groups attached to an aromatic ring is 1. The normalized spacial score (nSPS) is 14.9. The molecule has 18 heavy (non-hydrogen) atoms. The highest BCUT2D eigenvalue weighted by Gasteiger charge is 2.29. The minimum atomic E-state index is -0.192. The van der Waals surface area contributed by atoms with Crippen LogP contribution in [0.2, 0.25) is 0 Å². The number of anilines is 1. The molecule has 0 bridgehead atoms. The summed E-state index contributed by atoms with van der Waals surface area (Å²) >= 11 is 4.47. The maximum atomic E-state index is 11.6. The molecule has 1 aliphatic rings. The van der Waals surface area contributed by atoms with E-state index in [0.717, 1.165) is 12.8 Å². The molecule has 0 spiro atoms. The Morgan fingerprint density at radius 2 is 2.28 bits per heavy atom. The first-order chi connectivity index (χ1) is 8.63. The Balaban J connectivity index is 1.94. The molecule has 9 heteroatoms. The quantitative estimate of drug-likeness (QED) is 0.648. The smallest absolute Gasteiger partial charge is 0.344 e. The van der Waals surface area contributed by atoms with Crippen LogP contribution in [0, 0.1) is 0 Å². The molecule has 2 heterocycles. The molecule has 0 aromatic carbocycles. The average molecular weight is 329 g/mol. The Morgan fingerprint density at radius 1 is 1.50 bits per heavy atom. The molecule has 7 nitrogen and oxygen atoms in total. The van der Waals surface area contributed by atoms with Gasteiger partial charge in [-0.2, -0.15) is 0 Å². The fourth-order valence-electron chi connectivity index (χ4n) is 1.56. The predicted octanol–water partition coefficient (Wildman–Crippen LogP) is 1.19. The van der Waals surface area contributed by atoms with Crippen molar-refractivity contribution in [1.82, 2.24) is 24.7 Å². The van der Waals surface area contributed by atoms with Crippen molar-refractivity contribution < 1.29 is 0 Å². The van der Waals surface area contributed by atoms with Crippen molar-refractivity contribution in [2.45, 2.75) is 29.2 Å². The van der Waals surface area contributed by atoms with Crippen LogP contribution in [0.25, 0.3) is 0 Å². The highest BCUT2D eigenvalue weighted by molar-refractivity contribution is 9.10. The molecule has 1 aliphatic carbocycles. The number of hydrogen-bond acceptors (Lipinski definition) is 6. The zero-order valence-electron chi connectivity index (χ0n) is 9.13. The Labute approximate surface area is 114 Å². The number of rotatable bonds is 3. The first-order valence-electron chi connectivity index (χ1n) is 5.28. The van der Waals surface area contributed by atoms with Gasteiger partial charge in [-0.25, -0.2) is 19.9 Å². The van der Waals surface area contributed by atoms with Crippen LogP contribution in [0.1, 0.15) is 18.9 Å². The molecule has 3 rings (SSSR count). The monoisotopic (exact) mass is 328 g/mol. The van der Waals surface area contributed by atoms with Crippen molar-refractivity contribution in [2.75, 3.05) is 5.73 Å². The van der Waals surface area contributed by atoms with Gasteiger partial charge in [-0.3, -0.25) is 4.57 Å². The minimum absolute atomic E-state index is 0.192. The summed E-state index contributed by atoms with van der Waals surface area (Å²) in [4.78, 5) is 19.9. The largest absolute Gasteiger partial charge is 0.384 e. The van der Waals surface area contributed by atoms with Crippen molar-refractivity contribution in [3.05, 3.63) is 21.2 Å². The Hall–Kier alpha value is -1.35. The van der Waals surface area contributed by atoms with Crippen LogP contribution in [0.5, 0.6) is 0 Å². The second-order valence-electron chi connectivity index (χ2n) is 3.91. The summed E-state index contributed by atoms with van der Waals surface area (Å²) in [5.41, 5.74) is 5.45. The van der Waals surface area contributed by atoms with Gasteiger partial charge in [0.2, 0.25) is 0 Å². The lowest BCUT2D eigenvalue weighted by molar-refractivity contribution is 0.641. The van der Waals surface area contributed by atoms with Crippen molar-refractivity contribution in [1.29, 1.82) is 0 Å². The van der Waals surface area contributed by atoms with E-state index in [2.05, 4.69) is 36.1 Å². The third kappa shape index (κ3) is 2.27. The van der Waals surface area contributed by atoms with Gasteiger partial charge in [0.1, 0.15) is 10.4 Å². The fourth-order valence-corrected chi connectivity index (χ4v) is 2.96. The van der Waals surface area contributed by atoms with Crippen molar-refractivity contribution >= 4 is 33.5 Å². The summed E-state index contributed by atoms with van der Waals surface area (Å²) < 4.78 is 2.25. The summed E-state index contributed by atoms with van der Waals surface area (Å²) in [6.45, 7) is 0. The predicted molar refractivity (Wildman–Crippen MR) is 69.4 cm³/mol. The number of aromatic nitrogens is 5. The number of hydrogen-bond donors (Lipinski definition) is 2. The molecule has 0 unspecified atom stereocenters. The second kappa shape index (κ2) is 4.39. The van der Waals surface area contributed by atoms with E-state index in [9.17, 15) is 4.79 Å². The summed E-state index contributed by atoms with van der Waals surface area (Å²) in [6.07, 6.45) is 2.02. The lowest BCUT2D eigenvalue weighted by Crippen LogP contribution is -2.16. The molecule has 0 radical (unpaired) electrons. The molecule has 1 saturated carbocycles. The molecule has 0 amide bonds. The van der Waals surface area contributed by atoms with Gasteiger partial charge < -0.3 is 5.73 Å². The second-order valence-corrected chi connectivity index (χ2v) is 5.66. The van der Waals surface area contributed by atoms with Crippen LogP contribution in [0.4, 0.5) is 5.82 Å². The Kier molecular flexibility index (Phi) is 2.86. The zero-order valence-corrected chi connectivity index (χ0v) is 11.5. The van der Waals surface area contributed by atoms with Gasteiger partial charge in [-0.15, -0.1) is 5.10 Å². The van der Waals surface area contributed by atoms with Crippen LogP contribution in [0.3, 0.4) is 0 Å². The lowest BCUT2D eigenvalue weighted by atomic mass is 10.6. The van der Waals surface area contributed by atoms with Gasteiger partial charge in [-0.05, 0) is 40.5 Å². The van der Waals surface area contributed by atoms with Gasteiger partial charge in [-0.1, -0.05) is 0 Å². The number of H-pyrrole nitrogens is 1. The summed E-state index contributed by atoms with van der Waals surface area (Å²) in [6, 6.07) is 1.87. The maximum Gasteiger partial charge on any atom is 0.344 e. The van der Waals surface area contributed by atoms with E-state index < -0.39 is 0 Å². The van der Waals surface area contributed by atoms with Crippen LogP contribution >= 0.6 is 27.7 Å². The number of aromatic amines is 1. The lowest BCUT2D eigenvalue weighted by Gasteiger charge is -2.03. The molecule has 2 aromatic heterocycles. The number of halogens is 1. The Morgan fingerprint density at radius 3 is 2.94 bits per heavy atom. The van der Waals surface area contributed by atoms with Gasteiger partial charge in [0.25, 0.3) is 0 Å². The Bertz CT molecular complexity index is 628. The first kappa shape index (κ1) is 11.7. The SMILES string of the molecule is Nc1cc(Br)nc(Sc2n[nH]c(=O)n2C2CC2)n1. The summed E-state index contributed by atoms with van der Waals surface area (Å²) in [7, 11) is 0. The standard InChI is InChI=1S/C9H9BrN6OS/c10-5-3-6(11)13-7(12-5)18-9-15-14-8(17)16(9)4-1-2-4/h3-4H,1-2H2,(H,14,17)(H2,11,12,13). The van der Waals surface area contributed by atoms with E-state index >= 15 is 0 Å². The number of nitrogens with one attached hydrogen (secondary N) is 1. The molecule has 0 saturated heterocycles. The molecular formula is C9H9BrN6OS. The average Bonchev–Trinajstić information content (AvgIpc) is 3.04. The van der Waals surface area contributed by atoms with E-state index in [-0.39, 0.29) is 11.7 Å². The van der Waals surface area contributed by atoms with E-state index in [1.54, 1.807) is 10.6 Å². The molecule has 2 aromatic rings. The van der Waals surface area contributed by atoms with E-state index in [4.69, 9.17) is 5.73 Å². The topological polar surface area (TPSA) is 102 Å². The molecule has 0 atom stereocenters. The molecule has 94 valence electrons. The zero-order chi connectivity index (χ0) is 12.7. The van der Waals surface area contributed by atoms with E-state index in [0.29, 0.717) is 20.7 Å². The van der Waals surface area contributed by atoms with Gasteiger partial charge >= 0.3 is 5.69 Å². The molecular weight excluding hydrogens is 320 g/mol. The van der Waals surface area contributed by atoms with Crippen molar-refractivity contribution in [3.63, 3.8) is 0 Å². The van der Waals surface area contributed by atoms with E-state index in [1.165, 1.54) is 11.8 Å². The van der Waals surface area contributed by atoms with E-state index in [1.807, 2.05) is 0 Å². The first-order valence-corrected chi connectivity index (χ1v) is 6.89. The minimum Gasteiger partial charge on any atom is -0.384 e. The third-order valence-electron chi connectivity index (χ3n) is 2.46. The molecule has 3 N–H and O–H groups in total. The summed E-state index contributed by atoms with van der Waals surface area (Å²) in [5.74, 6) is 0.371. The number of nitrogens with zero attached hydrogens (tertiary/aromatic N) is 4. The van der Waals surface area contributed by atoms with Gasteiger partial charge in [0.05, 0.1) is 0 Å². The van der Waals surface area contributed by atoms with Crippen LogP contribution in [-0.2, 0) is 0 Å². The molecule has 1 fully saturated rings. The van der Waals surface area contributed by atoms with Crippen molar-refractivity contribution in [2.24, 2.45) is 0 Å². The highest BCUT2D eigenvalue weighted by Crippen LogP contribution is 2.37. The summed E-state index contributed by atoms with van der Waals surface area (Å²) in [5, 5.41) is 7.46. The van der Waals surface area contributed by atoms with Crippen LogP contribution in [0.15, 0.2) is 25.8 Å². The van der Waals surface area contributed by atoms with Crippen LogP contribution < -0.4 is 11.4 Å². The van der Waals surface area contributed by atoms with Crippen molar-refractivity contribution in [3.8, 4) is 0 Å². The number of nitrogens with two attached hydrogens (primary N) is 1. The van der Waals surface area contributed by atoms with Gasteiger partial charge in [0.15, 0.2) is 10.3 Å². The third-order valence-corrected chi connectivity index (χ3v) is 3.70. The highest BCUT2D eigenvalue weighted by atomic mass is 79.9.